The number of rotatable bonds is 9. The van der Waals surface area contributed by atoms with Crippen LogP contribution in [-0.2, 0) is 23.1 Å². The molecule has 13 nitrogen and oxygen atoms in total. The van der Waals surface area contributed by atoms with Crippen LogP contribution in [0.5, 0.6) is 0 Å². The van der Waals surface area contributed by atoms with Crippen molar-refractivity contribution in [1.82, 2.24) is 29.0 Å². The first-order valence-electron chi connectivity index (χ1n) is 11.0. The number of nitro benzene ring substituents is 1. The number of hydrogen-bond donors (Lipinski definition) is 1. The fraction of sp³-hybridized carbons (Fsp3) is 0.217. The molecular formula is C23H23N7O6S. The highest BCUT2D eigenvalue weighted by molar-refractivity contribution is 7.89. The van der Waals surface area contributed by atoms with E-state index in [4.69, 9.17) is 0 Å². The fourth-order valence-electron chi connectivity index (χ4n) is 3.61. The summed E-state index contributed by atoms with van der Waals surface area (Å²) in [5, 5.41) is 18.2. The van der Waals surface area contributed by atoms with Gasteiger partial charge in [0.15, 0.2) is 5.65 Å². The first kappa shape index (κ1) is 25.7. The predicted molar refractivity (Wildman–Crippen MR) is 134 cm³/mol. The van der Waals surface area contributed by atoms with Gasteiger partial charge in [0.25, 0.3) is 17.2 Å². The molecule has 0 aliphatic heterocycles. The van der Waals surface area contributed by atoms with Crippen LogP contribution < -0.4 is 10.9 Å². The number of hydrogen-bond acceptors (Lipinski definition) is 8. The lowest BCUT2D eigenvalue weighted by molar-refractivity contribution is -0.384. The van der Waals surface area contributed by atoms with Gasteiger partial charge in [-0.3, -0.25) is 24.3 Å². The van der Waals surface area contributed by atoms with E-state index in [9.17, 15) is 28.1 Å². The predicted octanol–water partition coefficient (Wildman–Crippen LogP) is 1.23. The number of nitrogens with one attached hydrogen (secondary N) is 1. The Bertz CT molecular complexity index is 1640. The Balaban J connectivity index is 1.42. The van der Waals surface area contributed by atoms with Crippen molar-refractivity contribution in [2.75, 3.05) is 20.6 Å². The zero-order chi connectivity index (χ0) is 26.7. The van der Waals surface area contributed by atoms with Crippen molar-refractivity contribution in [3.8, 4) is 0 Å². The first-order valence-corrected chi connectivity index (χ1v) is 12.5. The van der Waals surface area contributed by atoms with Gasteiger partial charge in [-0.25, -0.2) is 22.4 Å². The van der Waals surface area contributed by atoms with Crippen LogP contribution in [0, 0.1) is 10.1 Å². The molecular weight excluding hydrogens is 502 g/mol. The van der Waals surface area contributed by atoms with Gasteiger partial charge in [-0.05, 0) is 29.8 Å². The molecule has 2 aromatic carbocycles. The Kier molecular flexibility index (Phi) is 7.13. The smallest absolute Gasteiger partial charge is 0.269 e. The zero-order valence-electron chi connectivity index (χ0n) is 19.9. The van der Waals surface area contributed by atoms with Crippen LogP contribution in [-0.4, -0.2) is 63.5 Å². The molecule has 0 aliphatic rings. The van der Waals surface area contributed by atoms with E-state index in [1.807, 2.05) is 0 Å². The Hall–Kier alpha value is -4.43. The van der Waals surface area contributed by atoms with Gasteiger partial charge in [0, 0.05) is 38.3 Å². The van der Waals surface area contributed by atoms with Gasteiger partial charge in [-0.15, -0.1) is 0 Å². The number of nitro groups is 1. The van der Waals surface area contributed by atoms with Gasteiger partial charge in [-0.1, -0.05) is 12.1 Å². The molecule has 37 heavy (non-hydrogen) atoms. The summed E-state index contributed by atoms with van der Waals surface area (Å²) in [6, 6.07) is 11.6. The van der Waals surface area contributed by atoms with Crippen LogP contribution in [0.25, 0.3) is 11.0 Å². The number of sulfonamides is 1. The summed E-state index contributed by atoms with van der Waals surface area (Å²) in [6.07, 6.45) is 2.74. The van der Waals surface area contributed by atoms with Crippen LogP contribution in [0.1, 0.15) is 15.9 Å². The van der Waals surface area contributed by atoms with Crippen molar-refractivity contribution in [2.24, 2.45) is 0 Å². The van der Waals surface area contributed by atoms with E-state index < -0.39 is 20.9 Å². The maximum atomic E-state index is 12.9. The van der Waals surface area contributed by atoms with Crippen LogP contribution in [0.3, 0.4) is 0 Å². The third kappa shape index (κ3) is 5.39. The monoisotopic (exact) mass is 525 g/mol. The molecule has 1 amide bonds. The van der Waals surface area contributed by atoms with Crippen molar-refractivity contribution < 1.29 is 18.1 Å². The molecule has 2 heterocycles. The second-order valence-corrected chi connectivity index (χ2v) is 10.4. The summed E-state index contributed by atoms with van der Waals surface area (Å²) in [5.41, 5.74) is 0.807. The Morgan fingerprint density at radius 2 is 1.89 bits per heavy atom. The highest BCUT2D eigenvalue weighted by atomic mass is 32.2. The molecule has 14 heteroatoms. The summed E-state index contributed by atoms with van der Waals surface area (Å²) in [6.45, 7) is 0.537. The second-order valence-electron chi connectivity index (χ2n) is 8.28. The minimum Gasteiger partial charge on any atom is -0.350 e. The summed E-state index contributed by atoms with van der Waals surface area (Å²) >= 11 is 0. The molecule has 192 valence electrons. The molecule has 0 unspecified atom stereocenters. The Labute approximate surface area is 211 Å². The number of nitrogens with zero attached hydrogens (tertiary/aromatic N) is 6. The van der Waals surface area contributed by atoms with E-state index in [-0.39, 0.29) is 41.2 Å². The molecule has 4 aromatic rings. The van der Waals surface area contributed by atoms with Crippen LogP contribution in [0.15, 0.2) is 70.7 Å². The van der Waals surface area contributed by atoms with E-state index in [1.54, 1.807) is 12.1 Å². The van der Waals surface area contributed by atoms with Crippen LogP contribution in [0.4, 0.5) is 5.69 Å². The SMILES string of the molecule is CN(C)S(=O)(=O)c1ccc(C(=O)NCCn2ncc3c(=O)n(Cc4cccc([N+](=O)[O-])c4)cnc32)cc1. The van der Waals surface area contributed by atoms with Crippen LogP contribution >= 0.6 is 0 Å². The number of benzene rings is 2. The Morgan fingerprint density at radius 1 is 1.16 bits per heavy atom. The van der Waals surface area contributed by atoms with Crippen molar-refractivity contribution in [2.45, 2.75) is 18.0 Å². The topological polar surface area (TPSA) is 162 Å². The molecule has 0 aliphatic carbocycles. The maximum Gasteiger partial charge on any atom is 0.269 e. The summed E-state index contributed by atoms with van der Waals surface area (Å²) in [7, 11) is -0.734. The number of non-ortho nitro benzene ring substituents is 1. The van der Waals surface area contributed by atoms with Gasteiger partial charge >= 0.3 is 0 Å². The lowest BCUT2D eigenvalue weighted by Gasteiger charge is -2.11. The molecule has 0 fully saturated rings. The molecule has 4 rings (SSSR count). The lowest BCUT2D eigenvalue weighted by atomic mass is 10.2. The van der Waals surface area contributed by atoms with Crippen molar-refractivity contribution >= 4 is 32.7 Å². The molecule has 0 bridgehead atoms. The van der Waals surface area contributed by atoms with Crippen LogP contribution in [0.2, 0.25) is 0 Å². The molecule has 0 atom stereocenters. The summed E-state index contributed by atoms with van der Waals surface area (Å²) in [4.78, 5) is 40.2. The molecule has 1 N–H and O–H groups in total. The number of carbonyl (C=O) groups excluding carboxylic acids is 1. The highest BCUT2D eigenvalue weighted by Crippen LogP contribution is 2.15. The number of carbonyl (C=O) groups is 1. The summed E-state index contributed by atoms with van der Waals surface area (Å²) < 4.78 is 28.2. The van der Waals surface area contributed by atoms with Crippen molar-refractivity contribution in [3.05, 3.63) is 92.7 Å². The number of aromatic nitrogens is 4. The first-order chi connectivity index (χ1) is 17.6. The Morgan fingerprint density at radius 3 is 2.57 bits per heavy atom. The summed E-state index contributed by atoms with van der Waals surface area (Å²) in [5.74, 6) is -0.391. The van der Waals surface area contributed by atoms with E-state index in [1.165, 1.54) is 72.3 Å². The quantitative estimate of drug-likeness (QED) is 0.252. The largest absolute Gasteiger partial charge is 0.350 e. The van der Waals surface area contributed by atoms with Gasteiger partial charge in [-0.2, -0.15) is 5.10 Å². The minimum atomic E-state index is -3.59. The van der Waals surface area contributed by atoms with Gasteiger partial charge in [0.05, 0.1) is 29.1 Å². The molecule has 0 radical (unpaired) electrons. The maximum absolute atomic E-state index is 12.9. The average Bonchev–Trinajstić information content (AvgIpc) is 3.29. The van der Waals surface area contributed by atoms with E-state index in [2.05, 4.69) is 15.4 Å². The minimum absolute atomic E-state index is 0.0657. The van der Waals surface area contributed by atoms with Gasteiger partial charge < -0.3 is 5.32 Å². The lowest BCUT2D eigenvalue weighted by Crippen LogP contribution is -2.28. The molecule has 0 saturated carbocycles. The van der Waals surface area contributed by atoms with E-state index in [0.717, 1.165) is 4.31 Å². The zero-order valence-corrected chi connectivity index (χ0v) is 20.8. The standard InChI is InChI=1S/C23H23N7O6S/c1-27(2)37(35,36)19-8-6-17(7-9-19)22(31)24-10-11-29-21-20(13-26-29)23(32)28(15-25-21)14-16-4-3-5-18(12-16)30(33)34/h3-9,12-13,15H,10-11,14H2,1-2H3,(H,24,31). The normalized spacial score (nSPS) is 11.6. The van der Waals surface area contributed by atoms with Gasteiger partial charge in [0.2, 0.25) is 10.0 Å². The van der Waals surface area contributed by atoms with Gasteiger partial charge in [0.1, 0.15) is 11.7 Å². The average molecular weight is 526 g/mol. The third-order valence-corrected chi connectivity index (χ3v) is 7.43. The molecule has 0 saturated heterocycles. The van der Waals surface area contributed by atoms with Crippen molar-refractivity contribution in [3.63, 3.8) is 0 Å². The number of amides is 1. The second kappa shape index (κ2) is 10.3. The molecule has 2 aromatic heterocycles. The molecule has 0 spiro atoms. The highest BCUT2D eigenvalue weighted by Gasteiger charge is 2.18. The van der Waals surface area contributed by atoms with E-state index in [0.29, 0.717) is 16.8 Å². The van der Waals surface area contributed by atoms with E-state index >= 15 is 0 Å². The van der Waals surface area contributed by atoms with Crippen molar-refractivity contribution in [1.29, 1.82) is 0 Å². The number of fused-ring (bicyclic) bond motifs is 1. The fourth-order valence-corrected chi connectivity index (χ4v) is 4.51. The third-order valence-electron chi connectivity index (χ3n) is 5.60.